The van der Waals surface area contributed by atoms with Crippen molar-refractivity contribution in [2.45, 2.75) is 77.4 Å². The number of aliphatic hydroxyl groups is 2. The van der Waals surface area contributed by atoms with Crippen molar-refractivity contribution < 1.29 is 20.1 Å². The fourth-order valence-electron chi connectivity index (χ4n) is 3.03. The summed E-state index contributed by atoms with van der Waals surface area (Å²) in [5.74, 6) is -1.09. The van der Waals surface area contributed by atoms with Gasteiger partial charge in [-0.15, -0.1) is 0 Å². The Morgan fingerprint density at radius 1 is 1.32 bits per heavy atom. The monoisotopic (exact) mass is 350 g/mol. The summed E-state index contributed by atoms with van der Waals surface area (Å²) in [6, 6.07) is 0. The molecule has 4 nitrogen and oxygen atoms in total. The minimum absolute atomic E-state index is 0.0246. The van der Waals surface area contributed by atoms with Gasteiger partial charge in [-0.25, -0.2) is 0 Å². The number of carboxylic acids is 1. The van der Waals surface area contributed by atoms with Crippen LogP contribution in [-0.4, -0.2) is 33.5 Å². The lowest BCUT2D eigenvalue weighted by molar-refractivity contribution is -0.141. The van der Waals surface area contributed by atoms with E-state index in [1.165, 1.54) is 5.57 Å². The molecule has 4 heteroatoms. The van der Waals surface area contributed by atoms with Crippen LogP contribution in [0.2, 0.25) is 0 Å². The van der Waals surface area contributed by atoms with Crippen molar-refractivity contribution in [2.24, 2.45) is 11.8 Å². The summed E-state index contributed by atoms with van der Waals surface area (Å²) in [7, 11) is 0. The van der Waals surface area contributed by atoms with Crippen LogP contribution in [0.25, 0.3) is 0 Å². The van der Waals surface area contributed by atoms with E-state index in [1.54, 1.807) is 6.92 Å². The zero-order valence-electron chi connectivity index (χ0n) is 15.6. The van der Waals surface area contributed by atoms with Gasteiger partial charge in [0.2, 0.25) is 0 Å². The molecule has 0 saturated carbocycles. The van der Waals surface area contributed by atoms with Crippen LogP contribution in [0.1, 0.15) is 65.2 Å². The lowest BCUT2D eigenvalue weighted by Crippen LogP contribution is -2.15. The van der Waals surface area contributed by atoms with Crippen molar-refractivity contribution in [2.75, 3.05) is 0 Å². The smallest absolute Gasteiger partial charge is 0.306 e. The van der Waals surface area contributed by atoms with Crippen LogP contribution < -0.4 is 0 Å². The zero-order valence-corrected chi connectivity index (χ0v) is 15.6. The number of hydrogen-bond acceptors (Lipinski definition) is 3. The Morgan fingerprint density at radius 3 is 2.76 bits per heavy atom. The van der Waals surface area contributed by atoms with E-state index in [4.69, 9.17) is 5.11 Å². The molecule has 1 aliphatic carbocycles. The topological polar surface area (TPSA) is 77.8 Å². The molecule has 1 aliphatic rings. The molecule has 0 radical (unpaired) electrons. The van der Waals surface area contributed by atoms with Crippen molar-refractivity contribution >= 4 is 5.97 Å². The molecule has 0 aliphatic heterocycles. The average Bonchev–Trinajstić information content (AvgIpc) is 2.92. The number of allylic oxidation sites excluding steroid dienone is 2. The van der Waals surface area contributed by atoms with Gasteiger partial charge in [0.1, 0.15) is 0 Å². The van der Waals surface area contributed by atoms with Crippen LogP contribution in [0.15, 0.2) is 36.0 Å². The first-order valence-electron chi connectivity index (χ1n) is 9.56. The molecule has 3 N–H and O–H groups in total. The van der Waals surface area contributed by atoms with Crippen LogP contribution >= 0.6 is 0 Å². The lowest BCUT2D eigenvalue weighted by Gasteiger charge is -2.15. The number of carboxylic acid groups (broad SMARTS) is 1. The molecule has 4 atom stereocenters. The fourth-order valence-corrected chi connectivity index (χ4v) is 3.03. The molecule has 0 aromatic carbocycles. The highest BCUT2D eigenvalue weighted by Gasteiger charge is 2.25. The molecule has 2 unspecified atom stereocenters. The van der Waals surface area contributed by atoms with Crippen LogP contribution in [-0.2, 0) is 4.79 Å². The number of aliphatic carboxylic acids is 1. The summed E-state index contributed by atoms with van der Waals surface area (Å²) in [5.41, 5.74) is 1.17. The van der Waals surface area contributed by atoms with Gasteiger partial charge in [0.25, 0.3) is 0 Å². The predicted octanol–water partition coefficient (Wildman–Crippen LogP) is 4.24. The van der Waals surface area contributed by atoms with E-state index >= 15 is 0 Å². The van der Waals surface area contributed by atoms with Gasteiger partial charge < -0.3 is 15.3 Å². The second kappa shape index (κ2) is 12.0. The van der Waals surface area contributed by atoms with E-state index in [-0.39, 0.29) is 11.8 Å². The minimum Gasteiger partial charge on any atom is -0.481 e. The van der Waals surface area contributed by atoms with Gasteiger partial charge >= 0.3 is 5.97 Å². The normalized spacial score (nSPS) is 23.3. The van der Waals surface area contributed by atoms with Crippen molar-refractivity contribution in [1.29, 1.82) is 0 Å². The third kappa shape index (κ3) is 8.50. The van der Waals surface area contributed by atoms with E-state index in [1.807, 2.05) is 18.2 Å². The molecular formula is C21H34O4. The molecule has 0 aromatic heterocycles. The summed E-state index contributed by atoms with van der Waals surface area (Å²) in [4.78, 5) is 10.8. The minimum atomic E-state index is -0.752. The first kappa shape index (κ1) is 21.7. The maximum Gasteiger partial charge on any atom is 0.306 e. The molecular weight excluding hydrogens is 316 g/mol. The third-order valence-electron chi connectivity index (χ3n) is 4.82. The summed E-state index contributed by atoms with van der Waals surface area (Å²) < 4.78 is 0. The van der Waals surface area contributed by atoms with Gasteiger partial charge in [0.05, 0.1) is 18.1 Å². The van der Waals surface area contributed by atoms with Crippen LogP contribution in [0, 0.1) is 11.8 Å². The van der Waals surface area contributed by atoms with E-state index in [0.29, 0.717) is 12.8 Å². The maximum absolute atomic E-state index is 10.8. The molecule has 0 fully saturated rings. The maximum atomic E-state index is 10.8. The van der Waals surface area contributed by atoms with E-state index in [2.05, 4.69) is 19.1 Å². The first-order chi connectivity index (χ1) is 12.0. The summed E-state index contributed by atoms with van der Waals surface area (Å²) in [5, 5.41) is 29.0. The highest BCUT2D eigenvalue weighted by atomic mass is 16.4. The number of carbonyl (C=O) groups is 1. The Labute approximate surface area is 152 Å². The largest absolute Gasteiger partial charge is 0.481 e. The molecule has 0 saturated heterocycles. The predicted molar refractivity (Wildman–Crippen MR) is 101 cm³/mol. The summed E-state index contributed by atoms with van der Waals surface area (Å²) in [6.07, 6.45) is 15.9. The van der Waals surface area contributed by atoms with Gasteiger partial charge in [0.15, 0.2) is 0 Å². The van der Waals surface area contributed by atoms with Gasteiger partial charge in [-0.3, -0.25) is 4.79 Å². The van der Waals surface area contributed by atoms with E-state index < -0.39 is 18.2 Å². The average molecular weight is 350 g/mol. The Bertz CT molecular complexity index is 478. The van der Waals surface area contributed by atoms with Crippen molar-refractivity contribution in [3.05, 3.63) is 36.0 Å². The molecule has 1 rings (SSSR count). The highest BCUT2D eigenvalue weighted by molar-refractivity contribution is 5.69. The molecule has 0 spiro atoms. The van der Waals surface area contributed by atoms with Crippen molar-refractivity contribution in [1.82, 2.24) is 0 Å². The summed E-state index contributed by atoms with van der Waals surface area (Å²) >= 11 is 0. The lowest BCUT2D eigenvalue weighted by atomic mass is 9.95. The SMILES string of the molecule is CCCCCC(O)C=C[C@@H]1C(CC=CCCC(C)C(=O)O)=CC[C@H]1O. The Hall–Kier alpha value is -1.39. The Morgan fingerprint density at radius 2 is 2.08 bits per heavy atom. The second-order valence-corrected chi connectivity index (χ2v) is 7.05. The Balaban J connectivity index is 2.41. The van der Waals surface area contributed by atoms with Crippen LogP contribution in [0.3, 0.4) is 0 Å². The van der Waals surface area contributed by atoms with Gasteiger partial charge in [-0.2, -0.15) is 0 Å². The summed E-state index contributed by atoms with van der Waals surface area (Å²) in [6.45, 7) is 3.86. The molecule has 0 heterocycles. The molecule has 0 bridgehead atoms. The molecule has 0 aromatic rings. The van der Waals surface area contributed by atoms with Crippen LogP contribution in [0.4, 0.5) is 0 Å². The molecule has 25 heavy (non-hydrogen) atoms. The zero-order chi connectivity index (χ0) is 18.7. The van der Waals surface area contributed by atoms with Crippen molar-refractivity contribution in [3.8, 4) is 0 Å². The van der Waals surface area contributed by atoms with E-state index in [0.717, 1.165) is 38.5 Å². The van der Waals surface area contributed by atoms with E-state index in [9.17, 15) is 15.0 Å². The number of unbranched alkanes of at least 4 members (excludes halogenated alkanes) is 2. The quantitative estimate of drug-likeness (QED) is 0.363. The number of aliphatic hydroxyl groups excluding tert-OH is 2. The van der Waals surface area contributed by atoms with Gasteiger partial charge in [0, 0.05) is 5.92 Å². The van der Waals surface area contributed by atoms with Gasteiger partial charge in [-0.1, -0.05) is 69.1 Å². The standard InChI is InChI=1S/C21H34O4/c1-3-4-6-11-18(22)13-14-19-17(12-15-20(19)23)10-8-5-7-9-16(2)21(24)25/h5,8,12-14,16,18-20,22-23H,3-4,6-7,9-11,15H2,1-2H3,(H,24,25)/t16?,18?,19-,20-/m1/s1. The number of rotatable bonds is 12. The highest BCUT2D eigenvalue weighted by Crippen LogP contribution is 2.30. The first-order valence-corrected chi connectivity index (χ1v) is 9.56. The second-order valence-electron chi connectivity index (χ2n) is 7.05. The molecule has 0 amide bonds. The fraction of sp³-hybridized carbons (Fsp3) is 0.667. The number of hydrogen-bond donors (Lipinski definition) is 3. The van der Waals surface area contributed by atoms with Crippen LogP contribution in [0.5, 0.6) is 0 Å². The van der Waals surface area contributed by atoms with Gasteiger partial charge in [-0.05, 0) is 32.1 Å². The Kier molecular flexibility index (Phi) is 10.4. The third-order valence-corrected chi connectivity index (χ3v) is 4.82. The van der Waals surface area contributed by atoms with Crippen molar-refractivity contribution in [3.63, 3.8) is 0 Å². The molecule has 142 valence electrons.